The zero-order valence-electron chi connectivity index (χ0n) is 14.3. The molecule has 136 valence electrons. The smallest absolute Gasteiger partial charge is 0.243 e. The van der Waals surface area contributed by atoms with Gasteiger partial charge in [0.25, 0.3) is 0 Å². The third-order valence-electron chi connectivity index (χ3n) is 4.99. The van der Waals surface area contributed by atoms with E-state index in [9.17, 15) is 8.42 Å². The van der Waals surface area contributed by atoms with Gasteiger partial charge in [-0.15, -0.1) is 12.4 Å². The molecule has 1 aromatic carbocycles. The minimum absolute atomic E-state index is 0. The van der Waals surface area contributed by atoms with Crippen LogP contribution in [-0.4, -0.2) is 63.4 Å². The lowest BCUT2D eigenvalue weighted by Crippen LogP contribution is -2.40. The third kappa shape index (κ3) is 4.49. The van der Waals surface area contributed by atoms with Gasteiger partial charge in [-0.3, -0.25) is 0 Å². The molecule has 0 spiro atoms. The van der Waals surface area contributed by atoms with E-state index in [0.717, 1.165) is 39.1 Å². The molecule has 1 unspecified atom stereocenters. The number of rotatable bonds is 4. The lowest BCUT2D eigenvalue weighted by Gasteiger charge is -2.31. The molecule has 2 aliphatic rings. The second-order valence-corrected chi connectivity index (χ2v) is 9.02. The largest absolute Gasteiger partial charge is 0.316 e. The number of sulfonamides is 1. The Bertz CT molecular complexity index is 618. The molecule has 7 heteroatoms. The normalized spacial score (nSPS) is 26.7. The van der Waals surface area contributed by atoms with Crippen molar-refractivity contribution >= 4 is 22.4 Å². The molecule has 1 aromatic rings. The Morgan fingerprint density at radius 1 is 1.12 bits per heavy atom. The van der Waals surface area contributed by atoms with Gasteiger partial charge in [0.1, 0.15) is 0 Å². The molecule has 2 saturated heterocycles. The molecule has 0 bridgehead atoms. The quantitative estimate of drug-likeness (QED) is 0.874. The minimum atomic E-state index is -3.36. The second kappa shape index (κ2) is 8.15. The lowest BCUT2D eigenvalue weighted by molar-refractivity contribution is 0.184. The van der Waals surface area contributed by atoms with E-state index in [-0.39, 0.29) is 12.4 Å². The topological polar surface area (TPSA) is 52.7 Å². The second-order valence-electron chi connectivity index (χ2n) is 7.08. The Hall–Kier alpha value is -0.660. The predicted octanol–water partition coefficient (Wildman–Crippen LogP) is 1.80. The fourth-order valence-corrected chi connectivity index (χ4v) is 5.12. The number of benzene rings is 1. The molecule has 24 heavy (non-hydrogen) atoms. The van der Waals surface area contributed by atoms with Crippen LogP contribution in [-0.2, 0) is 10.0 Å². The van der Waals surface area contributed by atoms with E-state index in [4.69, 9.17) is 0 Å². The Kier molecular flexibility index (Phi) is 6.67. The van der Waals surface area contributed by atoms with Crippen molar-refractivity contribution in [3.8, 4) is 0 Å². The van der Waals surface area contributed by atoms with Gasteiger partial charge in [-0.2, -0.15) is 4.31 Å². The van der Waals surface area contributed by atoms with E-state index in [0.29, 0.717) is 23.4 Å². The van der Waals surface area contributed by atoms with Crippen LogP contribution in [0.3, 0.4) is 0 Å². The molecule has 0 aliphatic carbocycles. The highest BCUT2D eigenvalue weighted by Crippen LogP contribution is 2.26. The van der Waals surface area contributed by atoms with Crippen LogP contribution < -0.4 is 5.32 Å². The summed E-state index contributed by atoms with van der Waals surface area (Å²) in [5.74, 6) is 0. The van der Waals surface area contributed by atoms with Gasteiger partial charge < -0.3 is 10.2 Å². The fourth-order valence-electron chi connectivity index (χ4n) is 3.63. The van der Waals surface area contributed by atoms with Crippen molar-refractivity contribution in [2.24, 2.45) is 5.41 Å². The fraction of sp³-hybridized carbons (Fsp3) is 0.647. The molecule has 2 heterocycles. The van der Waals surface area contributed by atoms with Crippen molar-refractivity contribution < 1.29 is 8.42 Å². The van der Waals surface area contributed by atoms with Crippen LogP contribution in [0.5, 0.6) is 0 Å². The monoisotopic (exact) mass is 373 g/mol. The van der Waals surface area contributed by atoms with E-state index >= 15 is 0 Å². The summed E-state index contributed by atoms with van der Waals surface area (Å²) >= 11 is 0. The SMILES string of the molecule is CC1(CN2CCCN(S(=O)(=O)c3ccccc3)CC2)CCNC1.Cl. The van der Waals surface area contributed by atoms with Gasteiger partial charge in [-0.25, -0.2) is 8.42 Å². The standard InChI is InChI=1S/C17H27N3O2S.ClH/c1-17(8-9-18-14-17)15-19-10-5-11-20(13-12-19)23(21,22)16-6-3-2-4-7-16;/h2-4,6-7,18H,5,8-15H2,1H3;1H. The Balaban J connectivity index is 0.00000208. The summed E-state index contributed by atoms with van der Waals surface area (Å²) in [6.45, 7) is 8.55. The zero-order valence-corrected chi connectivity index (χ0v) is 15.9. The van der Waals surface area contributed by atoms with Gasteiger partial charge in [0.05, 0.1) is 4.90 Å². The number of nitrogens with one attached hydrogen (secondary N) is 1. The van der Waals surface area contributed by atoms with Crippen LogP contribution in [0.25, 0.3) is 0 Å². The predicted molar refractivity (Wildman–Crippen MR) is 99.1 cm³/mol. The van der Waals surface area contributed by atoms with E-state index in [1.807, 2.05) is 6.07 Å². The first kappa shape index (κ1) is 19.7. The number of hydrogen-bond donors (Lipinski definition) is 1. The van der Waals surface area contributed by atoms with E-state index in [1.54, 1.807) is 28.6 Å². The molecular formula is C17H28ClN3O2S. The van der Waals surface area contributed by atoms with Crippen LogP contribution in [0.15, 0.2) is 35.2 Å². The summed E-state index contributed by atoms with van der Waals surface area (Å²) in [4.78, 5) is 2.84. The van der Waals surface area contributed by atoms with E-state index < -0.39 is 10.0 Å². The van der Waals surface area contributed by atoms with Crippen molar-refractivity contribution in [1.29, 1.82) is 0 Å². The van der Waals surface area contributed by atoms with Gasteiger partial charge in [0, 0.05) is 32.7 Å². The first-order valence-corrected chi connectivity index (χ1v) is 9.92. The number of nitrogens with zero attached hydrogens (tertiary/aromatic N) is 2. The van der Waals surface area contributed by atoms with Crippen molar-refractivity contribution in [1.82, 2.24) is 14.5 Å². The van der Waals surface area contributed by atoms with Gasteiger partial charge in [-0.1, -0.05) is 25.1 Å². The van der Waals surface area contributed by atoms with Crippen LogP contribution in [0.4, 0.5) is 0 Å². The first-order chi connectivity index (χ1) is 11.0. The van der Waals surface area contributed by atoms with Crippen molar-refractivity contribution in [3.63, 3.8) is 0 Å². The summed E-state index contributed by atoms with van der Waals surface area (Å²) in [6.07, 6.45) is 2.10. The molecule has 0 saturated carbocycles. The molecule has 1 atom stereocenters. The van der Waals surface area contributed by atoms with E-state index in [2.05, 4.69) is 17.1 Å². The average molecular weight is 374 g/mol. The van der Waals surface area contributed by atoms with Gasteiger partial charge >= 0.3 is 0 Å². The van der Waals surface area contributed by atoms with Crippen molar-refractivity contribution in [2.75, 3.05) is 45.8 Å². The summed E-state index contributed by atoms with van der Waals surface area (Å²) in [5.41, 5.74) is 0.327. The van der Waals surface area contributed by atoms with Gasteiger partial charge in [0.15, 0.2) is 0 Å². The summed E-state index contributed by atoms with van der Waals surface area (Å²) < 4.78 is 27.2. The maximum atomic E-state index is 12.8. The molecule has 2 aliphatic heterocycles. The lowest BCUT2D eigenvalue weighted by atomic mass is 9.89. The highest BCUT2D eigenvalue weighted by atomic mass is 35.5. The minimum Gasteiger partial charge on any atom is -0.316 e. The highest BCUT2D eigenvalue weighted by molar-refractivity contribution is 7.89. The Labute approximate surface area is 151 Å². The molecule has 2 fully saturated rings. The summed E-state index contributed by atoms with van der Waals surface area (Å²) in [6, 6.07) is 8.78. The first-order valence-electron chi connectivity index (χ1n) is 8.48. The Morgan fingerprint density at radius 3 is 2.54 bits per heavy atom. The van der Waals surface area contributed by atoms with Crippen molar-refractivity contribution in [2.45, 2.75) is 24.7 Å². The molecule has 5 nitrogen and oxygen atoms in total. The van der Waals surface area contributed by atoms with Crippen LogP contribution in [0.1, 0.15) is 19.8 Å². The molecule has 0 amide bonds. The Morgan fingerprint density at radius 2 is 1.88 bits per heavy atom. The molecule has 3 rings (SSSR count). The van der Waals surface area contributed by atoms with Crippen LogP contribution >= 0.6 is 12.4 Å². The third-order valence-corrected chi connectivity index (χ3v) is 6.90. The maximum absolute atomic E-state index is 12.8. The van der Waals surface area contributed by atoms with Crippen LogP contribution in [0, 0.1) is 5.41 Å². The maximum Gasteiger partial charge on any atom is 0.243 e. The molecule has 0 aromatic heterocycles. The van der Waals surface area contributed by atoms with Gasteiger partial charge in [-0.05, 0) is 43.5 Å². The van der Waals surface area contributed by atoms with Crippen LogP contribution in [0.2, 0.25) is 0 Å². The molecule has 1 N–H and O–H groups in total. The number of hydrogen-bond acceptors (Lipinski definition) is 4. The average Bonchev–Trinajstić information content (AvgIpc) is 2.82. The molecular weight excluding hydrogens is 346 g/mol. The van der Waals surface area contributed by atoms with E-state index in [1.165, 1.54) is 6.42 Å². The highest BCUT2D eigenvalue weighted by Gasteiger charge is 2.32. The summed E-state index contributed by atoms with van der Waals surface area (Å²) in [7, 11) is -3.36. The molecule has 0 radical (unpaired) electrons. The zero-order chi connectivity index (χ0) is 16.3. The van der Waals surface area contributed by atoms with Gasteiger partial charge in [0.2, 0.25) is 10.0 Å². The van der Waals surface area contributed by atoms with Crippen molar-refractivity contribution in [3.05, 3.63) is 30.3 Å². The summed E-state index contributed by atoms with van der Waals surface area (Å²) in [5, 5.41) is 3.44. The number of halogens is 1.